The summed E-state index contributed by atoms with van der Waals surface area (Å²) in [4.78, 5) is 28.2. The highest BCUT2D eigenvalue weighted by molar-refractivity contribution is 5.82. The van der Waals surface area contributed by atoms with E-state index in [1.807, 2.05) is 0 Å². The Kier molecular flexibility index (Phi) is 5.32. The maximum Gasteiger partial charge on any atom is 0.573 e. The van der Waals surface area contributed by atoms with Crippen molar-refractivity contribution in [2.45, 2.75) is 25.6 Å². The summed E-state index contributed by atoms with van der Waals surface area (Å²) < 4.78 is 42.2. The van der Waals surface area contributed by atoms with Crippen LogP contribution in [0.3, 0.4) is 0 Å². The average Bonchev–Trinajstić information content (AvgIpc) is 2.63. The van der Waals surface area contributed by atoms with Crippen molar-refractivity contribution in [2.24, 2.45) is 12.8 Å². The van der Waals surface area contributed by atoms with Crippen LogP contribution in [0.25, 0.3) is 22.2 Å². The first-order valence-corrected chi connectivity index (χ1v) is 8.70. The van der Waals surface area contributed by atoms with Gasteiger partial charge in [0.15, 0.2) is 0 Å². The summed E-state index contributed by atoms with van der Waals surface area (Å²) in [7, 11) is 1.59. The number of nitrogens with two attached hydrogens (primary N) is 1. The normalized spacial score (nSPS) is 12.7. The third kappa shape index (κ3) is 4.56. The predicted molar refractivity (Wildman–Crippen MR) is 101 cm³/mol. The fourth-order valence-electron chi connectivity index (χ4n) is 3.09. The van der Waals surface area contributed by atoms with Crippen molar-refractivity contribution in [3.05, 3.63) is 58.5 Å². The third-order valence-electron chi connectivity index (χ3n) is 4.50. The Bertz CT molecular complexity index is 1120. The van der Waals surface area contributed by atoms with Gasteiger partial charge in [0.25, 0.3) is 5.56 Å². The number of halogens is 3. The molecule has 1 aromatic heterocycles. The number of aryl methyl sites for hydroxylation is 1. The highest BCUT2D eigenvalue weighted by Crippen LogP contribution is 2.28. The summed E-state index contributed by atoms with van der Waals surface area (Å²) in [5.41, 5.74) is 7.59. The van der Waals surface area contributed by atoms with Crippen LogP contribution in [0.2, 0.25) is 0 Å². The van der Waals surface area contributed by atoms with Gasteiger partial charge in [0.05, 0.1) is 11.0 Å². The first-order chi connectivity index (χ1) is 13.5. The molecule has 0 saturated heterocycles. The predicted octanol–water partition coefficient (Wildman–Crippen LogP) is 3.48. The topological polar surface area (TPSA) is 87.2 Å². The fraction of sp³-hybridized carbons (Fsp3) is 0.250. The standard InChI is InChI=1S/C20H18F3N3O3/c1-11(9-17(24)27)18-19(28)26(2)16-10-13(5-8-15(16)25-18)12-3-6-14(7-4-12)29-20(21,22)23/h3-8,10-11H,9H2,1-2H3,(H2,24,27). The van der Waals surface area contributed by atoms with Crippen LogP contribution in [0, 0.1) is 0 Å². The second-order valence-electron chi connectivity index (χ2n) is 6.71. The summed E-state index contributed by atoms with van der Waals surface area (Å²) >= 11 is 0. The molecule has 0 radical (unpaired) electrons. The van der Waals surface area contributed by atoms with Gasteiger partial charge in [0, 0.05) is 19.4 Å². The van der Waals surface area contributed by atoms with E-state index < -0.39 is 18.2 Å². The lowest BCUT2D eigenvalue weighted by molar-refractivity contribution is -0.274. The molecule has 6 nitrogen and oxygen atoms in total. The van der Waals surface area contributed by atoms with Crippen LogP contribution < -0.4 is 16.0 Å². The molecule has 0 fully saturated rings. The minimum atomic E-state index is -4.75. The van der Waals surface area contributed by atoms with Crippen molar-refractivity contribution in [3.8, 4) is 16.9 Å². The van der Waals surface area contributed by atoms with E-state index in [0.717, 1.165) is 0 Å². The number of primary amides is 1. The second kappa shape index (κ2) is 7.57. The Morgan fingerprint density at radius 1 is 1.17 bits per heavy atom. The van der Waals surface area contributed by atoms with Gasteiger partial charge in [0.2, 0.25) is 5.91 Å². The zero-order chi connectivity index (χ0) is 21.3. The molecule has 2 N–H and O–H groups in total. The van der Waals surface area contributed by atoms with Crippen LogP contribution in [-0.2, 0) is 11.8 Å². The largest absolute Gasteiger partial charge is 0.573 e. The Hall–Kier alpha value is -3.36. The molecule has 0 aliphatic rings. The molecule has 3 aromatic rings. The molecule has 2 aromatic carbocycles. The van der Waals surface area contributed by atoms with E-state index in [2.05, 4.69) is 9.72 Å². The monoisotopic (exact) mass is 405 g/mol. The fourth-order valence-corrected chi connectivity index (χ4v) is 3.09. The van der Waals surface area contributed by atoms with E-state index in [1.54, 1.807) is 32.2 Å². The highest BCUT2D eigenvalue weighted by atomic mass is 19.4. The van der Waals surface area contributed by atoms with Gasteiger partial charge in [-0.05, 0) is 35.4 Å². The highest BCUT2D eigenvalue weighted by Gasteiger charge is 2.31. The maximum absolute atomic E-state index is 12.7. The number of rotatable bonds is 5. The molecule has 0 bridgehead atoms. The number of fused-ring (bicyclic) bond motifs is 1. The molecule has 29 heavy (non-hydrogen) atoms. The van der Waals surface area contributed by atoms with Gasteiger partial charge in [-0.15, -0.1) is 13.2 Å². The van der Waals surface area contributed by atoms with Gasteiger partial charge < -0.3 is 15.0 Å². The molecular weight excluding hydrogens is 387 g/mol. The zero-order valence-corrected chi connectivity index (χ0v) is 15.7. The molecule has 1 heterocycles. The van der Waals surface area contributed by atoms with Gasteiger partial charge >= 0.3 is 6.36 Å². The van der Waals surface area contributed by atoms with E-state index in [-0.39, 0.29) is 23.4 Å². The van der Waals surface area contributed by atoms with Gasteiger partial charge in [-0.3, -0.25) is 9.59 Å². The summed E-state index contributed by atoms with van der Waals surface area (Å²) in [5.74, 6) is -1.25. The Labute approximate surface area is 163 Å². The zero-order valence-electron chi connectivity index (χ0n) is 15.7. The molecule has 9 heteroatoms. The Morgan fingerprint density at radius 3 is 2.38 bits per heavy atom. The molecule has 0 aliphatic carbocycles. The lowest BCUT2D eigenvalue weighted by Gasteiger charge is -2.13. The minimum absolute atomic E-state index is 0.0121. The number of nitrogens with zero attached hydrogens (tertiary/aromatic N) is 2. The van der Waals surface area contributed by atoms with Gasteiger partial charge in [0.1, 0.15) is 11.4 Å². The quantitative estimate of drug-likeness (QED) is 0.704. The van der Waals surface area contributed by atoms with Crippen molar-refractivity contribution in [3.63, 3.8) is 0 Å². The Morgan fingerprint density at radius 2 is 1.79 bits per heavy atom. The van der Waals surface area contributed by atoms with Crippen LogP contribution in [0.5, 0.6) is 5.75 Å². The van der Waals surface area contributed by atoms with E-state index in [0.29, 0.717) is 22.2 Å². The molecule has 0 saturated carbocycles. The second-order valence-corrected chi connectivity index (χ2v) is 6.71. The summed E-state index contributed by atoms with van der Waals surface area (Å²) in [5, 5.41) is 0. The molecule has 1 unspecified atom stereocenters. The summed E-state index contributed by atoms with van der Waals surface area (Å²) in [6.45, 7) is 1.71. The van der Waals surface area contributed by atoms with E-state index in [9.17, 15) is 22.8 Å². The number of alkyl halides is 3. The summed E-state index contributed by atoms with van der Waals surface area (Å²) in [6.07, 6.45) is -4.74. The lowest BCUT2D eigenvalue weighted by Crippen LogP contribution is -2.26. The molecular formula is C20H18F3N3O3. The number of hydrogen-bond acceptors (Lipinski definition) is 4. The summed E-state index contributed by atoms with van der Waals surface area (Å²) in [6, 6.07) is 10.6. The SMILES string of the molecule is CC(CC(N)=O)c1nc2ccc(-c3ccc(OC(F)(F)F)cc3)cc2n(C)c1=O. The number of carbonyl (C=O) groups is 1. The number of hydrogen-bond donors (Lipinski definition) is 1. The maximum atomic E-state index is 12.7. The van der Waals surface area contributed by atoms with Crippen LogP contribution in [-0.4, -0.2) is 21.8 Å². The molecule has 152 valence electrons. The van der Waals surface area contributed by atoms with Crippen molar-refractivity contribution < 1.29 is 22.7 Å². The van der Waals surface area contributed by atoms with Gasteiger partial charge in [-0.2, -0.15) is 0 Å². The number of aromatic nitrogens is 2. The van der Waals surface area contributed by atoms with E-state index >= 15 is 0 Å². The minimum Gasteiger partial charge on any atom is -0.406 e. The lowest BCUT2D eigenvalue weighted by atomic mass is 10.0. The van der Waals surface area contributed by atoms with Crippen LogP contribution in [0.1, 0.15) is 25.0 Å². The molecule has 0 spiro atoms. The Balaban J connectivity index is 1.99. The number of ether oxygens (including phenoxy) is 1. The molecule has 3 rings (SSSR count). The molecule has 1 amide bonds. The van der Waals surface area contributed by atoms with Gasteiger partial charge in [-0.1, -0.05) is 25.1 Å². The smallest absolute Gasteiger partial charge is 0.406 e. The average molecular weight is 405 g/mol. The first-order valence-electron chi connectivity index (χ1n) is 8.70. The number of benzene rings is 2. The number of amides is 1. The molecule has 0 aliphatic heterocycles. The van der Waals surface area contributed by atoms with Crippen molar-refractivity contribution in [1.82, 2.24) is 9.55 Å². The third-order valence-corrected chi connectivity index (χ3v) is 4.50. The molecule has 1 atom stereocenters. The van der Waals surface area contributed by atoms with Crippen LogP contribution in [0.4, 0.5) is 13.2 Å². The number of carbonyl (C=O) groups excluding carboxylic acids is 1. The van der Waals surface area contributed by atoms with Crippen LogP contribution in [0.15, 0.2) is 47.3 Å². The van der Waals surface area contributed by atoms with Crippen molar-refractivity contribution >= 4 is 16.9 Å². The van der Waals surface area contributed by atoms with Crippen molar-refractivity contribution in [1.29, 1.82) is 0 Å². The van der Waals surface area contributed by atoms with Crippen LogP contribution >= 0.6 is 0 Å². The first kappa shape index (κ1) is 20.4. The van der Waals surface area contributed by atoms with Crippen molar-refractivity contribution in [2.75, 3.05) is 0 Å². The van der Waals surface area contributed by atoms with E-state index in [1.165, 1.54) is 28.8 Å². The van der Waals surface area contributed by atoms with Gasteiger partial charge in [-0.25, -0.2) is 4.98 Å². The van der Waals surface area contributed by atoms with E-state index in [4.69, 9.17) is 5.73 Å².